The van der Waals surface area contributed by atoms with Crippen molar-refractivity contribution in [1.29, 1.82) is 0 Å². The zero-order valence-corrected chi connectivity index (χ0v) is 17.2. The molecule has 3 aliphatic carbocycles. The second-order valence-electron chi connectivity index (χ2n) is 7.88. The summed E-state index contributed by atoms with van der Waals surface area (Å²) in [5, 5.41) is 0. The molecule has 158 valence electrons. The van der Waals surface area contributed by atoms with Crippen LogP contribution in [-0.2, 0) is 9.47 Å². The number of fused-ring (bicyclic) bond motifs is 3. The van der Waals surface area contributed by atoms with Crippen molar-refractivity contribution in [3.05, 3.63) is 59.7 Å². The highest BCUT2D eigenvalue weighted by Crippen LogP contribution is 2.45. The Balaban J connectivity index is 1.51. The zero-order chi connectivity index (χ0) is 21.1. The predicted octanol–water partition coefficient (Wildman–Crippen LogP) is 4.27. The van der Waals surface area contributed by atoms with Gasteiger partial charge in [0.2, 0.25) is 0 Å². The maximum Gasteiger partial charge on any atom is 0.338 e. The Morgan fingerprint density at radius 3 is 1.47 bits per heavy atom. The summed E-state index contributed by atoms with van der Waals surface area (Å²) < 4.78 is 22.2. The number of benzene rings is 2. The number of methoxy groups -OCH3 is 2. The highest BCUT2D eigenvalue weighted by Gasteiger charge is 2.48. The van der Waals surface area contributed by atoms with E-state index in [1.807, 2.05) is 0 Å². The van der Waals surface area contributed by atoms with Crippen LogP contribution >= 0.6 is 0 Å². The summed E-state index contributed by atoms with van der Waals surface area (Å²) in [5.74, 6) is 0.745. The van der Waals surface area contributed by atoms with Crippen molar-refractivity contribution in [1.82, 2.24) is 0 Å². The molecule has 2 bridgehead atoms. The van der Waals surface area contributed by atoms with Gasteiger partial charge >= 0.3 is 11.9 Å². The van der Waals surface area contributed by atoms with Crippen molar-refractivity contribution < 1.29 is 28.5 Å². The molecule has 0 radical (unpaired) electrons. The van der Waals surface area contributed by atoms with Gasteiger partial charge in [-0.3, -0.25) is 0 Å². The summed E-state index contributed by atoms with van der Waals surface area (Å²) in [6.45, 7) is 0. The molecule has 5 rings (SSSR count). The van der Waals surface area contributed by atoms with Crippen molar-refractivity contribution in [2.45, 2.75) is 37.9 Å². The van der Waals surface area contributed by atoms with Gasteiger partial charge in [0.05, 0.1) is 25.3 Å². The minimum atomic E-state index is -0.439. The van der Waals surface area contributed by atoms with E-state index in [9.17, 15) is 9.59 Å². The predicted molar refractivity (Wildman–Crippen MR) is 110 cm³/mol. The summed E-state index contributed by atoms with van der Waals surface area (Å²) in [4.78, 5) is 25.6. The van der Waals surface area contributed by atoms with E-state index in [0.29, 0.717) is 22.6 Å². The average molecular weight is 410 g/mol. The number of hydrogen-bond donors (Lipinski definition) is 0. The lowest BCUT2D eigenvalue weighted by Crippen LogP contribution is -2.52. The smallest absolute Gasteiger partial charge is 0.338 e. The van der Waals surface area contributed by atoms with Gasteiger partial charge in [-0.05, 0) is 73.9 Å². The van der Waals surface area contributed by atoms with Crippen molar-refractivity contribution in [3.63, 3.8) is 0 Å². The first-order chi connectivity index (χ1) is 14.6. The summed E-state index contributed by atoms with van der Waals surface area (Å²) in [5.41, 5.74) is 0.849. The van der Waals surface area contributed by atoms with Gasteiger partial charge in [-0.1, -0.05) is 12.1 Å². The fourth-order valence-corrected chi connectivity index (χ4v) is 4.55. The largest absolute Gasteiger partial charge is 0.497 e. The molecule has 6 heteroatoms. The van der Waals surface area contributed by atoms with Crippen LogP contribution in [0.15, 0.2) is 48.5 Å². The molecule has 3 fully saturated rings. The van der Waals surface area contributed by atoms with Crippen molar-refractivity contribution in [2.75, 3.05) is 14.2 Å². The standard InChI is InChI=1S/C24H26O6/c1-27-19-7-3-5-17(13-19)23(25)29-21-15-9-11-16(12-10-15)22(21)30-24(26)18-6-4-8-20(14-18)28-2/h3-8,13-16,21-22H,9-12H2,1-2H3. The monoisotopic (exact) mass is 410 g/mol. The van der Waals surface area contributed by atoms with Crippen molar-refractivity contribution in [2.24, 2.45) is 11.8 Å². The maximum atomic E-state index is 12.8. The zero-order valence-electron chi connectivity index (χ0n) is 17.2. The normalized spacial score (nSPS) is 24.7. The third-order valence-corrected chi connectivity index (χ3v) is 6.17. The molecule has 3 aliphatic rings. The Kier molecular flexibility index (Phi) is 5.93. The number of carbonyl (C=O) groups excluding carboxylic acids is 2. The molecule has 0 aromatic heterocycles. The van der Waals surface area contributed by atoms with Gasteiger partial charge in [0, 0.05) is 0 Å². The van der Waals surface area contributed by atoms with Crippen LogP contribution in [0.1, 0.15) is 46.4 Å². The van der Waals surface area contributed by atoms with Gasteiger partial charge in [0.15, 0.2) is 0 Å². The molecule has 0 saturated heterocycles. The SMILES string of the molecule is COc1cccc(C(=O)OC2C3CCC(CC3)C2OC(=O)c2cccc(OC)c2)c1. The van der Waals surface area contributed by atoms with E-state index in [-0.39, 0.29) is 11.8 Å². The van der Waals surface area contributed by atoms with Crippen molar-refractivity contribution in [3.8, 4) is 11.5 Å². The molecule has 2 atom stereocenters. The highest BCUT2D eigenvalue weighted by molar-refractivity contribution is 5.91. The first-order valence-corrected chi connectivity index (χ1v) is 10.3. The topological polar surface area (TPSA) is 71.1 Å². The molecule has 6 nitrogen and oxygen atoms in total. The molecule has 0 heterocycles. The summed E-state index contributed by atoms with van der Waals surface area (Å²) in [6.07, 6.45) is 3.04. The minimum Gasteiger partial charge on any atom is -0.497 e. The Labute approximate surface area is 176 Å². The fourth-order valence-electron chi connectivity index (χ4n) is 4.55. The van der Waals surface area contributed by atoms with Crippen LogP contribution in [0.3, 0.4) is 0 Å². The van der Waals surface area contributed by atoms with Crippen LogP contribution in [0.25, 0.3) is 0 Å². The van der Waals surface area contributed by atoms with Crippen LogP contribution in [0.2, 0.25) is 0 Å². The lowest BCUT2D eigenvalue weighted by Gasteiger charge is -2.46. The van der Waals surface area contributed by atoms with Gasteiger partial charge in [-0.25, -0.2) is 9.59 Å². The minimum absolute atomic E-state index is 0.202. The second-order valence-corrected chi connectivity index (χ2v) is 7.88. The summed E-state index contributed by atoms with van der Waals surface area (Å²) >= 11 is 0. The molecule has 0 spiro atoms. The first-order valence-electron chi connectivity index (χ1n) is 10.3. The molecule has 0 amide bonds. The second kappa shape index (κ2) is 8.78. The quantitative estimate of drug-likeness (QED) is 0.662. The molecule has 3 saturated carbocycles. The van der Waals surface area contributed by atoms with Gasteiger partial charge in [0.1, 0.15) is 23.7 Å². The Hall–Kier alpha value is -3.02. The van der Waals surface area contributed by atoms with E-state index in [2.05, 4.69) is 0 Å². The molecule has 2 aromatic carbocycles. The van der Waals surface area contributed by atoms with Crippen LogP contribution in [0.4, 0.5) is 0 Å². The average Bonchev–Trinajstić information content (AvgIpc) is 2.81. The third-order valence-electron chi connectivity index (χ3n) is 6.17. The van der Waals surface area contributed by atoms with Gasteiger partial charge in [-0.15, -0.1) is 0 Å². The van der Waals surface area contributed by atoms with E-state index in [4.69, 9.17) is 18.9 Å². The lowest BCUT2D eigenvalue weighted by atomic mass is 9.67. The van der Waals surface area contributed by atoms with Gasteiger partial charge < -0.3 is 18.9 Å². The van der Waals surface area contributed by atoms with Crippen LogP contribution in [0.5, 0.6) is 11.5 Å². The van der Waals surface area contributed by atoms with E-state index < -0.39 is 24.1 Å². The van der Waals surface area contributed by atoms with E-state index in [1.165, 1.54) is 0 Å². The van der Waals surface area contributed by atoms with E-state index >= 15 is 0 Å². The fraction of sp³-hybridized carbons (Fsp3) is 0.417. The Bertz CT molecular complexity index is 840. The molecular formula is C24H26O6. The van der Waals surface area contributed by atoms with Gasteiger partial charge in [-0.2, -0.15) is 0 Å². The summed E-state index contributed by atoms with van der Waals surface area (Å²) in [7, 11) is 3.11. The first kappa shape index (κ1) is 20.3. The number of ether oxygens (including phenoxy) is 4. The number of hydrogen-bond acceptors (Lipinski definition) is 6. The lowest BCUT2D eigenvalue weighted by molar-refractivity contribution is -0.121. The molecule has 30 heavy (non-hydrogen) atoms. The molecule has 0 aliphatic heterocycles. The van der Waals surface area contributed by atoms with E-state index in [1.54, 1.807) is 62.8 Å². The van der Waals surface area contributed by atoms with Crippen LogP contribution < -0.4 is 9.47 Å². The van der Waals surface area contributed by atoms with E-state index in [0.717, 1.165) is 25.7 Å². The summed E-state index contributed by atoms with van der Waals surface area (Å²) in [6, 6.07) is 13.8. The highest BCUT2D eigenvalue weighted by atomic mass is 16.6. The van der Waals surface area contributed by atoms with Crippen molar-refractivity contribution >= 4 is 11.9 Å². The molecule has 2 aromatic rings. The maximum absolute atomic E-state index is 12.8. The number of carbonyl (C=O) groups is 2. The molecule has 0 N–H and O–H groups in total. The molecule has 2 unspecified atom stereocenters. The third kappa shape index (κ3) is 4.13. The van der Waals surface area contributed by atoms with Gasteiger partial charge in [0.25, 0.3) is 0 Å². The Morgan fingerprint density at radius 2 is 1.10 bits per heavy atom. The number of esters is 2. The van der Waals surface area contributed by atoms with Crippen LogP contribution in [-0.4, -0.2) is 38.4 Å². The van der Waals surface area contributed by atoms with Crippen LogP contribution in [0, 0.1) is 11.8 Å². The number of rotatable bonds is 6. The molecular weight excluding hydrogens is 384 g/mol. The Morgan fingerprint density at radius 1 is 0.700 bits per heavy atom.